The van der Waals surface area contributed by atoms with Crippen LogP contribution in [0.1, 0.15) is 117 Å². The maximum atomic E-state index is 13.5. The summed E-state index contributed by atoms with van der Waals surface area (Å²) in [7, 11) is 1.68. The predicted octanol–water partition coefficient (Wildman–Crippen LogP) is 4.37. The molecule has 0 fully saturated rings. The quantitative estimate of drug-likeness (QED) is 0.102. The van der Waals surface area contributed by atoms with Crippen LogP contribution in [0.4, 0.5) is 0 Å². The highest BCUT2D eigenvalue weighted by molar-refractivity contribution is 8.13. The Morgan fingerprint density at radius 3 is 1.95 bits per heavy atom. The summed E-state index contributed by atoms with van der Waals surface area (Å²) >= 11 is 1.29. The summed E-state index contributed by atoms with van der Waals surface area (Å²) in [5, 5.41) is 8.51. The summed E-state index contributed by atoms with van der Waals surface area (Å²) in [5.74, 6) is -0.131. The molecule has 0 spiro atoms. The first-order chi connectivity index (χ1) is 19.3. The third kappa shape index (κ3) is 20.9. The second kappa shape index (κ2) is 26.0. The van der Waals surface area contributed by atoms with E-state index in [0.717, 1.165) is 50.6 Å². The Balaban J connectivity index is 4.87. The van der Waals surface area contributed by atoms with Crippen molar-refractivity contribution < 1.29 is 24.0 Å². The molecule has 0 aliphatic carbocycles. The van der Waals surface area contributed by atoms with Gasteiger partial charge in [-0.25, -0.2) is 0 Å². The van der Waals surface area contributed by atoms with Gasteiger partial charge in [-0.05, 0) is 32.7 Å². The summed E-state index contributed by atoms with van der Waals surface area (Å²) in [5.41, 5.74) is 0. The number of likely N-dealkylation sites (N-methyl/N-ethyl adjacent to an activating group) is 1. The monoisotopic (exact) mass is 584 g/mol. The van der Waals surface area contributed by atoms with E-state index in [1.807, 2.05) is 6.92 Å². The molecule has 0 bridgehead atoms. The second-order valence-electron chi connectivity index (χ2n) is 10.5. The molecule has 0 heterocycles. The zero-order valence-corrected chi connectivity index (χ0v) is 26.4. The highest BCUT2D eigenvalue weighted by atomic mass is 32.2. The molecular weight excluding hydrogens is 528 g/mol. The number of nitrogens with one attached hydrogen (secondary N) is 3. The van der Waals surface area contributed by atoms with Crippen molar-refractivity contribution >= 4 is 40.9 Å². The van der Waals surface area contributed by atoms with Gasteiger partial charge >= 0.3 is 0 Å². The lowest BCUT2D eigenvalue weighted by molar-refractivity contribution is -0.140. The summed E-state index contributed by atoms with van der Waals surface area (Å²) < 4.78 is 0. The van der Waals surface area contributed by atoms with E-state index in [-0.39, 0.29) is 35.9 Å². The van der Waals surface area contributed by atoms with Crippen molar-refractivity contribution in [2.24, 2.45) is 0 Å². The van der Waals surface area contributed by atoms with Crippen molar-refractivity contribution in [1.82, 2.24) is 20.9 Å². The Morgan fingerprint density at radius 2 is 1.38 bits per heavy atom. The molecule has 2 atom stereocenters. The average molecular weight is 585 g/mol. The molecule has 0 aliphatic rings. The first-order valence-electron chi connectivity index (χ1n) is 15.4. The number of aldehydes is 1. The van der Waals surface area contributed by atoms with Gasteiger partial charge in [0.2, 0.25) is 17.7 Å². The average Bonchev–Trinajstić information content (AvgIpc) is 2.92. The normalized spacial score (nSPS) is 12.4. The van der Waals surface area contributed by atoms with Crippen LogP contribution in [0.3, 0.4) is 0 Å². The van der Waals surface area contributed by atoms with Crippen molar-refractivity contribution in [1.29, 1.82) is 0 Å². The van der Waals surface area contributed by atoms with Crippen molar-refractivity contribution in [2.45, 2.75) is 129 Å². The minimum atomic E-state index is -0.681. The van der Waals surface area contributed by atoms with Gasteiger partial charge in [0.05, 0.1) is 19.1 Å². The van der Waals surface area contributed by atoms with Crippen LogP contribution in [0.5, 0.6) is 0 Å². The summed E-state index contributed by atoms with van der Waals surface area (Å²) in [6, 6.07) is -1.29. The van der Waals surface area contributed by atoms with Gasteiger partial charge < -0.3 is 25.6 Å². The largest absolute Gasteiger partial charge is 0.345 e. The van der Waals surface area contributed by atoms with Crippen molar-refractivity contribution in [3.8, 4) is 0 Å². The highest BCUT2D eigenvalue weighted by Crippen LogP contribution is 2.13. The highest BCUT2D eigenvalue weighted by Gasteiger charge is 2.27. The predicted molar refractivity (Wildman–Crippen MR) is 164 cm³/mol. The van der Waals surface area contributed by atoms with E-state index in [4.69, 9.17) is 0 Å². The molecule has 9 nitrogen and oxygen atoms in total. The van der Waals surface area contributed by atoms with E-state index in [1.165, 1.54) is 55.2 Å². The molecule has 10 heteroatoms. The van der Waals surface area contributed by atoms with Gasteiger partial charge in [-0.2, -0.15) is 0 Å². The minimum Gasteiger partial charge on any atom is -0.345 e. The number of amides is 3. The number of rotatable bonds is 26. The second-order valence-corrected chi connectivity index (χ2v) is 11.8. The van der Waals surface area contributed by atoms with Gasteiger partial charge in [-0.15, -0.1) is 0 Å². The van der Waals surface area contributed by atoms with Crippen LogP contribution in [0.2, 0.25) is 0 Å². The standard InChI is InChI=1S/C30H56N4O5S/c1-5-7-8-9-10-11-12-13-16-19-27(33-28(37)22-31-4)30(39)34(20-6-2)23-29(38)32-26(24-35)18-15-14-17-21-40-25(3)36/h24,26-27,31H,5-23H2,1-4H3,(H,32,38)(H,33,37). The molecule has 0 saturated carbocycles. The molecule has 0 aliphatic heterocycles. The Labute approximate surface area is 247 Å². The molecule has 3 amide bonds. The Bertz CT molecular complexity index is 722. The van der Waals surface area contributed by atoms with Crippen LogP contribution in [0, 0.1) is 0 Å². The maximum absolute atomic E-state index is 13.5. The van der Waals surface area contributed by atoms with Gasteiger partial charge in [-0.1, -0.05) is 96.2 Å². The molecule has 0 radical (unpaired) electrons. The van der Waals surface area contributed by atoms with E-state index < -0.39 is 12.1 Å². The van der Waals surface area contributed by atoms with E-state index in [9.17, 15) is 24.0 Å². The molecule has 2 unspecified atom stereocenters. The Hall–Kier alpha value is -1.94. The third-order valence-corrected chi connectivity index (χ3v) is 7.58. The molecule has 232 valence electrons. The first kappa shape index (κ1) is 38.1. The summed E-state index contributed by atoms with van der Waals surface area (Å²) in [4.78, 5) is 62.6. The van der Waals surface area contributed by atoms with Gasteiger partial charge in [0.15, 0.2) is 5.12 Å². The Morgan fingerprint density at radius 1 is 0.775 bits per heavy atom. The van der Waals surface area contributed by atoms with Gasteiger partial charge in [0.25, 0.3) is 0 Å². The number of unbranched alkanes of at least 4 members (excludes halogenated alkanes) is 10. The zero-order valence-electron chi connectivity index (χ0n) is 25.6. The van der Waals surface area contributed by atoms with E-state index in [0.29, 0.717) is 25.8 Å². The number of carbonyl (C=O) groups is 5. The van der Waals surface area contributed by atoms with Crippen LogP contribution < -0.4 is 16.0 Å². The number of hydrogen-bond acceptors (Lipinski definition) is 7. The fourth-order valence-electron chi connectivity index (χ4n) is 4.54. The van der Waals surface area contributed by atoms with E-state index >= 15 is 0 Å². The molecule has 0 aromatic heterocycles. The molecule has 0 saturated heterocycles. The lowest BCUT2D eigenvalue weighted by atomic mass is 10.0. The number of hydrogen-bond donors (Lipinski definition) is 3. The number of thioether (sulfide) groups is 1. The number of nitrogens with zero attached hydrogens (tertiary/aromatic N) is 1. The van der Waals surface area contributed by atoms with Crippen LogP contribution in [-0.2, 0) is 24.0 Å². The van der Waals surface area contributed by atoms with Crippen LogP contribution >= 0.6 is 11.8 Å². The summed E-state index contributed by atoms with van der Waals surface area (Å²) in [6.45, 7) is 6.05. The zero-order chi connectivity index (χ0) is 30.0. The third-order valence-electron chi connectivity index (χ3n) is 6.68. The van der Waals surface area contributed by atoms with Gasteiger partial charge in [-0.3, -0.25) is 19.2 Å². The summed E-state index contributed by atoms with van der Waals surface area (Å²) in [6.07, 6.45) is 15.4. The lowest BCUT2D eigenvalue weighted by Gasteiger charge is -2.28. The van der Waals surface area contributed by atoms with Crippen LogP contribution in [-0.4, -0.2) is 78.5 Å². The van der Waals surface area contributed by atoms with Crippen molar-refractivity contribution in [3.05, 3.63) is 0 Å². The number of carbonyl (C=O) groups excluding carboxylic acids is 5. The van der Waals surface area contributed by atoms with E-state index in [2.05, 4.69) is 22.9 Å². The Kier molecular flexibility index (Phi) is 24.7. The minimum absolute atomic E-state index is 0.0983. The fraction of sp³-hybridized carbons (Fsp3) is 0.833. The SMILES string of the molecule is CCCCCCCCCCCC(NC(=O)CNC)C(=O)N(CCC)CC(=O)NC(C=O)CCCCCSC(C)=O. The van der Waals surface area contributed by atoms with E-state index in [1.54, 1.807) is 14.0 Å². The van der Waals surface area contributed by atoms with Crippen LogP contribution in [0.15, 0.2) is 0 Å². The van der Waals surface area contributed by atoms with Gasteiger partial charge in [0.1, 0.15) is 12.3 Å². The van der Waals surface area contributed by atoms with Crippen molar-refractivity contribution in [3.63, 3.8) is 0 Å². The molecule has 0 rings (SSSR count). The molecule has 0 aromatic rings. The smallest absolute Gasteiger partial charge is 0.245 e. The lowest BCUT2D eigenvalue weighted by Crippen LogP contribution is -2.53. The molecular formula is C30H56N4O5S. The fourth-order valence-corrected chi connectivity index (χ4v) is 5.17. The van der Waals surface area contributed by atoms with Gasteiger partial charge in [0, 0.05) is 19.2 Å². The van der Waals surface area contributed by atoms with Crippen LogP contribution in [0.25, 0.3) is 0 Å². The molecule has 3 N–H and O–H groups in total. The first-order valence-corrected chi connectivity index (χ1v) is 16.4. The topological polar surface area (TPSA) is 125 Å². The molecule has 40 heavy (non-hydrogen) atoms. The van der Waals surface area contributed by atoms with Crippen molar-refractivity contribution in [2.75, 3.05) is 32.4 Å². The molecule has 0 aromatic carbocycles. The maximum Gasteiger partial charge on any atom is 0.245 e.